The number of amides is 3. The number of nitrogens with zero attached hydrogens (tertiary/aromatic N) is 1. The first-order valence-electron chi connectivity index (χ1n) is 17.0. The number of alkyl carbamates (subject to hydrolysis) is 1. The minimum absolute atomic E-state index is 0.185. The SMILES string of the molecule is CCCCCCCCN(C(=O)C(NC(=O)OC(C)(C)C)C(C)CC)C(C(=O)Nc1ccc2ccccc2c1)c1cccc(C)c1C. The van der Waals surface area contributed by atoms with Crippen molar-refractivity contribution in [2.75, 3.05) is 11.9 Å². The van der Waals surface area contributed by atoms with Crippen molar-refractivity contribution in [3.63, 3.8) is 0 Å². The van der Waals surface area contributed by atoms with Gasteiger partial charge in [0.05, 0.1) is 0 Å². The predicted octanol–water partition coefficient (Wildman–Crippen LogP) is 9.26. The van der Waals surface area contributed by atoms with Gasteiger partial charge in [-0.3, -0.25) is 9.59 Å². The number of anilines is 1. The van der Waals surface area contributed by atoms with Gasteiger partial charge in [0.25, 0.3) is 5.91 Å². The second kappa shape index (κ2) is 17.2. The molecule has 3 amide bonds. The van der Waals surface area contributed by atoms with Gasteiger partial charge in [-0.2, -0.15) is 0 Å². The Hall–Kier alpha value is -3.87. The van der Waals surface area contributed by atoms with Crippen LogP contribution in [0.2, 0.25) is 0 Å². The number of hydrogen-bond acceptors (Lipinski definition) is 4. The third-order valence-electron chi connectivity index (χ3n) is 8.71. The summed E-state index contributed by atoms with van der Waals surface area (Å²) in [4.78, 5) is 43.9. The van der Waals surface area contributed by atoms with Gasteiger partial charge in [-0.05, 0) is 86.6 Å². The van der Waals surface area contributed by atoms with E-state index in [4.69, 9.17) is 4.74 Å². The normalized spacial score (nSPS) is 13.5. The minimum Gasteiger partial charge on any atom is -0.444 e. The summed E-state index contributed by atoms with van der Waals surface area (Å²) in [5, 5.41) is 8.12. The van der Waals surface area contributed by atoms with Crippen molar-refractivity contribution in [3.8, 4) is 0 Å². The highest BCUT2D eigenvalue weighted by Gasteiger charge is 2.38. The zero-order valence-electron chi connectivity index (χ0n) is 29.2. The molecule has 250 valence electrons. The number of benzene rings is 3. The highest BCUT2D eigenvalue weighted by Crippen LogP contribution is 2.31. The van der Waals surface area contributed by atoms with Crippen LogP contribution in [0.15, 0.2) is 60.7 Å². The van der Waals surface area contributed by atoms with Crippen LogP contribution in [0.1, 0.15) is 109 Å². The molecule has 0 aliphatic rings. The summed E-state index contributed by atoms with van der Waals surface area (Å²) >= 11 is 0. The molecule has 2 N–H and O–H groups in total. The molecule has 0 radical (unpaired) electrons. The summed E-state index contributed by atoms with van der Waals surface area (Å²) in [6.45, 7) is 15.9. The Morgan fingerprint density at radius 1 is 0.848 bits per heavy atom. The van der Waals surface area contributed by atoms with Crippen molar-refractivity contribution in [2.24, 2.45) is 5.92 Å². The van der Waals surface area contributed by atoms with Crippen molar-refractivity contribution in [1.82, 2.24) is 10.2 Å². The van der Waals surface area contributed by atoms with E-state index in [0.29, 0.717) is 18.7 Å². The summed E-state index contributed by atoms with van der Waals surface area (Å²) in [6.07, 6.45) is 6.26. The number of rotatable bonds is 15. The molecule has 0 aromatic heterocycles. The number of carbonyl (C=O) groups excluding carboxylic acids is 3. The maximum atomic E-state index is 14.7. The molecule has 7 nitrogen and oxygen atoms in total. The Kier molecular flexibility index (Phi) is 13.7. The molecular weight excluding hydrogens is 574 g/mol. The summed E-state index contributed by atoms with van der Waals surface area (Å²) in [5.74, 6) is -0.758. The fourth-order valence-electron chi connectivity index (χ4n) is 5.72. The van der Waals surface area contributed by atoms with Gasteiger partial charge >= 0.3 is 6.09 Å². The van der Waals surface area contributed by atoms with Crippen LogP contribution in [-0.4, -0.2) is 41.0 Å². The molecule has 0 aliphatic heterocycles. The average molecular weight is 630 g/mol. The van der Waals surface area contributed by atoms with Gasteiger partial charge in [-0.15, -0.1) is 0 Å². The summed E-state index contributed by atoms with van der Waals surface area (Å²) in [7, 11) is 0. The first-order chi connectivity index (χ1) is 21.9. The zero-order valence-corrected chi connectivity index (χ0v) is 29.2. The molecule has 3 aromatic carbocycles. The van der Waals surface area contributed by atoms with Crippen LogP contribution in [0, 0.1) is 19.8 Å². The number of ether oxygens (including phenoxy) is 1. The second-order valence-electron chi connectivity index (χ2n) is 13.6. The third-order valence-corrected chi connectivity index (χ3v) is 8.71. The fourth-order valence-corrected chi connectivity index (χ4v) is 5.72. The van der Waals surface area contributed by atoms with Crippen LogP contribution in [0.3, 0.4) is 0 Å². The lowest BCUT2D eigenvalue weighted by Crippen LogP contribution is -2.55. The lowest BCUT2D eigenvalue weighted by Gasteiger charge is -2.37. The van der Waals surface area contributed by atoms with Crippen LogP contribution >= 0.6 is 0 Å². The van der Waals surface area contributed by atoms with E-state index in [1.54, 1.807) is 25.7 Å². The molecule has 0 saturated carbocycles. The van der Waals surface area contributed by atoms with Crippen molar-refractivity contribution < 1.29 is 19.1 Å². The Morgan fingerprint density at radius 3 is 2.20 bits per heavy atom. The van der Waals surface area contributed by atoms with Crippen molar-refractivity contribution >= 4 is 34.4 Å². The average Bonchev–Trinajstić information content (AvgIpc) is 3.01. The van der Waals surface area contributed by atoms with Crippen LogP contribution in [0.5, 0.6) is 0 Å². The van der Waals surface area contributed by atoms with Gasteiger partial charge in [0.1, 0.15) is 17.7 Å². The lowest BCUT2D eigenvalue weighted by molar-refractivity contribution is -0.142. The van der Waals surface area contributed by atoms with E-state index in [1.165, 1.54) is 6.42 Å². The second-order valence-corrected chi connectivity index (χ2v) is 13.6. The first kappa shape index (κ1) is 36.6. The number of aryl methyl sites for hydroxylation is 1. The van der Waals surface area contributed by atoms with Crippen LogP contribution in [0.4, 0.5) is 10.5 Å². The molecule has 3 rings (SSSR count). The molecule has 0 aliphatic carbocycles. The number of carbonyl (C=O) groups is 3. The molecule has 0 spiro atoms. The van der Waals surface area contributed by atoms with E-state index in [2.05, 4.69) is 17.6 Å². The van der Waals surface area contributed by atoms with Crippen LogP contribution in [0.25, 0.3) is 10.8 Å². The highest BCUT2D eigenvalue weighted by molar-refractivity contribution is 6.00. The van der Waals surface area contributed by atoms with E-state index >= 15 is 0 Å². The molecule has 46 heavy (non-hydrogen) atoms. The predicted molar refractivity (Wildman–Crippen MR) is 189 cm³/mol. The van der Waals surface area contributed by atoms with Gasteiger partial charge < -0.3 is 20.3 Å². The van der Waals surface area contributed by atoms with Gasteiger partial charge in [0.2, 0.25) is 5.91 Å². The van der Waals surface area contributed by atoms with Gasteiger partial charge in [0, 0.05) is 12.2 Å². The zero-order chi connectivity index (χ0) is 33.9. The Bertz CT molecular complexity index is 1460. The van der Waals surface area contributed by atoms with E-state index in [0.717, 1.165) is 59.6 Å². The van der Waals surface area contributed by atoms with E-state index < -0.39 is 23.8 Å². The smallest absolute Gasteiger partial charge is 0.408 e. The number of fused-ring (bicyclic) bond motifs is 1. The molecule has 3 unspecified atom stereocenters. The van der Waals surface area contributed by atoms with Crippen LogP contribution in [-0.2, 0) is 14.3 Å². The molecule has 3 atom stereocenters. The molecule has 3 aromatic rings. The van der Waals surface area contributed by atoms with E-state index in [9.17, 15) is 14.4 Å². The van der Waals surface area contributed by atoms with E-state index in [1.807, 2.05) is 88.4 Å². The molecule has 0 bridgehead atoms. The molecule has 0 saturated heterocycles. The van der Waals surface area contributed by atoms with Crippen molar-refractivity contribution in [3.05, 3.63) is 77.4 Å². The quantitative estimate of drug-likeness (QED) is 0.164. The van der Waals surface area contributed by atoms with Gasteiger partial charge in [-0.1, -0.05) is 108 Å². The van der Waals surface area contributed by atoms with Crippen LogP contribution < -0.4 is 10.6 Å². The monoisotopic (exact) mass is 629 g/mol. The standard InChI is InChI=1S/C39H55N3O4/c1-9-11-12-13-14-17-25-42(37(44)34(27(3)10-2)41-38(45)46-39(6,7)8)35(33-22-18-19-28(4)29(33)5)36(43)40-32-24-23-30-20-15-16-21-31(30)26-32/h15-16,18-24,26-27,34-35H,9-14,17,25H2,1-8H3,(H,40,43)(H,41,45). The number of hydrogen-bond donors (Lipinski definition) is 2. The molecule has 7 heteroatoms. The topological polar surface area (TPSA) is 87.7 Å². The van der Waals surface area contributed by atoms with Gasteiger partial charge in [0.15, 0.2) is 0 Å². The Morgan fingerprint density at radius 2 is 1.52 bits per heavy atom. The first-order valence-corrected chi connectivity index (χ1v) is 17.0. The molecular formula is C39H55N3O4. The maximum Gasteiger partial charge on any atom is 0.408 e. The highest BCUT2D eigenvalue weighted by atomic mass is 16.6. The molecule has 0 fully saturated rings. The number of unbranched alkanes of at least 4 members (excludes halogenated alkanes) is 5. The Balaban J connectivity index is 2.07. The molecule has 0 heterocycles. The number of nitrogens with one attached hydrogen (secondary N) is 2. The fraction of sp³-hybridized carbons (Fsp3) is 0.513. The van der Waals surface area contributed by atoms with Crippen molar-refractivity contribution in [2.45, 2.75) is 118 Å². The van der Waals surface area contributed by atoms with Crippen molar-refractivity contribution in [1.29, 1.82) is 0 Å². The lowest BCUT2D eigenvalue weighted by atomic mass is 9.92. The summed E-state index contributed by atoms with van der Waals surface area (Å²) in [6, 6.07) is 18.0. The maximum absolute atomic E-state index is 14.7. The summed E-state index contributed by atoms with van der Waals surface area (Å²) < 4.78 is 5.57. The van der Waals surface area contributed by atoms with E-state index in [-0.39, 0.29) is 17.7 Å². The van der Waals surface area contributed by atoms with Gasteiger partial charge in [-0.25, -0.2) is 4.79 Å². The third kappa shape index (κ3) is 10.3. The largest absolute Gasteiger partial charge is 0.444 e. The Labute approximate surface area is 276 Å². The minimum atomic E-state index is -0.901. The summed E-state index contributed by atoms with van der Waals surface area (Å²) in [5.41, 5.74) is 2.72.